The van der Waals surface area contributed by atoms with E-state index in [0.717, 1.165) is 29.7 Å². The maximum atomic E-state index is 9.56. The first kappa shape index (κ1) is 13.4. The van der Waals surface area contributed by atoms with Crippen LogP contribution in [0.25, 0.3) is 11.0 Å². The molecule has 0 saturated heterocycles. The second kappa shape index (κ2) is 4.48. The van der Waals surface area contributed by atoms with E-state index < -0.39 is 0 Å². The average molecular weight is 273 g/mol. The van der Waals surface area contributed by atoms with E-state index >= 15 is 0 Å². The summed E-state index contributed by atoms with van der Waals surface area (Å²) in [6.07, 6.45) is 2.10. The number of H-pyrrole nitrogens is 1. The normalized spacial score (nSPS) is 29.7. The summed E-state index contributed by atoms with van der Waals surface area (Å²) >= 11 is 0. The zero-order valence-electron chi connectivity index (χ0n) is 12.4. The Labute approximate surface area is 119 Å². The number of aromatic amines is 1. The van der Waals surface area contributed by atoms with Gasteiger partial charge in [-0.3, -0.25) is 0 Å². The molecule has 2 aromatic rings. The number of hydrogen-bond donors (Lipinski definition) is 3. The van der Waals surface area contributed by atoms with E-state index in [9.17, 15) is 5.11 Å². The molecule has 108 valence electrons. The van der Waals surface area contributed by atoms with E-state index in [1.165, 1.54) is 0 Å². The van der Waals surface area contributed by atoms with E-state index in [-0.39, 0.29) is 17.2 Å². The van der Waals surface area contributed by atoms with Gasteiger partial charge in [-0.2, -0.15) is 0 Å². The summed E-state index contributed by atoms with van der Waals surface area (Å²) in [5.74, 6) is 2.13. The van der Waals surface area contributed by atoms with Gasteiger partial charge in [-0.15, -0.1) is 0 Å². The number of nitrogens with one attached hydrogen (secondary N) is 1. The van der Waals surface area contributed by atoms with E-state index in [1.807, 2.05) is 6.07 Å². The molecular weight excluding hydrogens is 250 g/mol. The number of nitrogens with zero attached hydrogens (tertiary/aromatic N) is 1. The molecule has 0 spiro atoms. The second-order valence-electron chi connectivity index (χ2n) is 6.73. The average Bonchev–Trinajstić information content (AvgIpc) is 2.78. The van der Waals surface area contributed by atoms with Gasteiger partial charge in [0.25, 0.3) is 0 Å². The molecule has 1 aromatic carbocycles. The van der Waals surface area contributed by atoms with Crippen molar-refractivity contribution in [2.45, 2.75) is 45.6 Å². The Morgan fingerprint density at radius 3 is 2.85 bits per heavy atom. The molecule has 4 heteroatoms. The number of imidazole rings is 1. The molecule has 1 aliphatic rings. The van der Waals surface area contributed by atoms with Gasteiger partial charge in [0.1, 0.15) is 11.6 Å². The van der Waals surface area contributed by atoms with Gasteiger partial charge < -0.3 is 15.8 Å². The van der Waals surface area contributed by atoms with E-state index in [1.54, 1.807) is 12.1 Å². The van der Waals surface area contributed by atoms with Crippen molar-refractivity contribution in [1.29, 1.82) is 0 Å². The molecule has 0 aliphatic heterocycles. The topological polar surface area (TPSA) is 74.9 Å². The third kappa shape index (κ3) is 1.99. The Kier molecular flexibility index (Phi) is 3.01. The molecule has 4 nitrogen and oxygen atoms in total. The van der Waals surface area contributed by atoms with Crippen LogP contribution in [0, 0.1) is 11.3 Å². The number of benzene rings is 1. The van der Waals surface area contributed by atoms with Crippen LogP contribution in [0.15, 0.2) is 18.2 Å². The highest BCUT2D eigenvalue weighted by atomic mass is 16.3. The number of rotatable bonds is 1. The minimum Gasteiger partial charge on any atom is -0.508 e. The highest BCUT2D eigenvalue weighted by Crippen LogP contribution is 2.49. The Morgan fingerprint density at radius 2 is 2.10 bits per heavy atom. The van der Waals surface area contributed by atoms with Gasteiger partial charge in [-0.1, -0.05) is 20.8 Å². The van der Waals surface area contributed by atoms with Gasteiger partial charge in [0.2, 0.25) is 0 Å². The Morgan fingerprint density at radius 1 is 1.35 bits per heavy atom. The summed E-state index contributed by atoms with van der Waals surface area (Å²) in [7, 11) is 0. The molecule has 1 heterocycles. The quantitative estimate of drug-likeness (QED) is 0.747. The number of aromatic nitrogens is 2. The van der Waals surface area contributed by atoms with Gasteiger partial charge in [-0.05, 0) is 36.3 Å². The largest absolute Gasteiger partial charge is 0.508 e. The zero-order chi connectivity index (χ0) is 14.5. The number of phenols is 1. The number of fused-ring (bicyclic) bond motifs is 1. The van der Waals surface area contributed by atoms with Crippen molar-refractivity contribution in [3.8, 4) is 5.75 Å². The molecule has 1 saturated carbocycles. The molecule has 1 aromatic heterocycles. The van der Waals surface area contributed by atoms with Crippen molar-refractivity contribution < 1.29 is 5.11 Å². The Bertz CT molecular complexity index is 632. The molecule has 1 aliphatic carbocycles. The molecule has 0 radical (unpaired) electrons. The van der Waals surface area contributed by atoms with Gasteiger partial charge >= 0.3 is 0 Å². The first-order valence-corrected chi connectivity index (χ1v) is 7.34. The fourth-order valence-electron chi connectivity index (χ4n) is 3.52. The first-order valence-electron chi connectivity index (χ1n) is 7.34. The summed E-state index contributed by atoms with van der Waals surface area (Å²) in [5, 5.41) is 9.56. The van der Waals surface area contributed by atoms with Crippen LogP contribution in [0.3, 0.4) is 0 Å². The van der Waals surface area contributed by atoms with E-state index in [4.69, 9.17) is 10.7 Å². The summed E-state index contributed by atoms with van der Waals surface area (Å²) in [6.45, 7) is 6.81. The molecule has 4 N–H and O–H groups in total. The maximum absolute atomic E-state index is 9.56. The Balaban J connectivity index is 2.01. The summed E-state index contributed by atoms with van der Waals surface area (Å²) < 4.78 is 0. The van der Waals surface area contributed by atoms with Crippen LogP contribution in [0.5, 0.6) is 5.75 Å². The molecule has 0 bridgehead atoms. The van der Waals surface area contributed by atoms with Crippen LogP contribution >= 0.6 is 0 Å². The number of hydrogen-bond acceptors (Lipinski definition) is 3. The third-order valence-corrected chi connectivity index (χ3v) is 5.32. The highest BCUT2D eigenvalue weighted by Gasteiger charge is 2.43. The number of phenolic OH excluding ortho intramolecular Hbond substituents is 1. The van der Waals surface area contributed by atoms with Crippen molar-refractivity contribution in [3.05, 3.63) is 24.0 Å². The number of nitrogens with two attached hydrogens (primary N) is 1. The van der Waals surface area contributed by atoms with Gasteiger partial charge in [0.15, 0.2) is 0 Å². The molecular formula is C16H23N3O. The fraction of sp³-hybridized carbons (Fsp3) is 0.562. The molecule has 20 heavy (non-hydrogen) atoms. The van der Waals surface area contributed by atoms with Gasteiger partial charge in [0.05, 0.1) is 11.0 Å². The predicted octanol–water partition coefficient (Wildman–Crippen LogP) is 3.14. The lowest BCUT2D eigenvalue weighted by molar-refractivity contribution is 0.0954. The van der Waals surface area contributed by atoms with Crippen molar-refractivity contribution in [2.75, 3.05) is 0 Å². The maximum Gasteiger partial charge on any atom is 0.117 e. The summed E-state index contributed by atoms with van der Waals surface area (Å²) in [6, 6.07) is 5.54. The lowest BCUT2D eigenvalue weighted by Crippen LogP contribution is -2.46. The molecule has 3 rings (SSSR count). The van der Waals surface area contributed by atoms with Crippen LogP contribution in [0.4, 0.5) is 0 Å². The number of aromatic hydroxyl groups is 1. The van der Waals surface area contributed by atoms with Crippen LogP contribution in [0.2, 0.25) is 0 Å². The SMILES string of the molecule is CC1C(N)CCC(c2nc3ccc(O)cc3[nH]2)C1(C)C. The monoisotopic (exact) mass is 273 g/mol. The van der Waals surface area contributed by atoms with Crippen LogP contribution < -0.4 is 5.73 Å². The fourth-order valence-corrected chi connectivity index (χ4v) is 3.52. The second-order valence-corrected chi connectivity index (χ2v) is 6.73. The smallest absolute Gasteiger partial charge is 0.117 e. The first-order chi connectivity index (χ1) is 9.39. The minimum absolute atomic E-state index is 0.119. The zero-order valence-corrected chi connectivity index (χ0v) is 12.4. The van der Waals surface area contributed by atoms with Crippen molar-refractivity contribution in [1.82, 2.24) is 9.97 Å². The van der Waals surface area contributed by atoms with E-state index in [0.29, 0.717) is 11.8 Å². The van der Waals surface area contributed by atoms with Crippen LogP contribution in [0.1, 0.15) is 45.4 Å². The molecule has 3 unspecified atom stereocenters. The lowest BCUT2D eigenvalue weighted by Gasteiger charge is -2.46. The lowest BCUT2D eigenvalue weighted by atomic mass is 9.61. The Hall–Kier alpha value is -1.55. The predicted molar refractivity (Wildman–Crippen MR) is 80.7 cm³/mol. The minimum atomic E-state index is 0.119. The van der Waals surface area contributed by atoms with Crippen molar-refractivity contribution >= 4 is 11.0 Å². The molecule has 1 fully saturated rings. The molecule has 0 amide bonds. The summed E-state index contributed by atoms with van der Waals surface area (Å²) in [4.78, 5) is 8.11. The van der Waals surface area contributed by atoms with Crippen molar-refractivity contribution in [2.24, 2.45) is 17.1 Å². The molecule has 3 atom stereocenters. The van der Waals surface area contributed by atoms with Crippen LogP contribution in [-0.2, 0) is 0 Å². The standard InChI is InChI=1S/C16H23N3O/c1-9-12(17)6-5-11(16(9,2)3)15-18-13-7-4-10(20)8-14(13)19-15/h4,7-9,11-12,20H,5-6,17H2,1-3H3,(H,18,19). The van der Waals surface area contributed by atoms with Crippen molar-refractivity contribution in [3.63, 3.8) is 0 Å². The van der Waals surface area contributed by atoms with E-state index in [2.05, 4.69) is 25.8 Å². The van der Waals surface area contributed by atoms with Gasteiger partial charge in [-0.25, -0.2) is 4.98 Å². The van der Waals surface area contributed by atoms with Gasteiger partial charge in [0, 0.05) is 18.0 Å². The summed E-state index contributed by atoms with van der Waals surface area (Å²) in [5.41, 5.74) is 8.16. The third-order valence-electron chi connectivity index (χ3n) is 5.32. The van der Waals surface area contributed by atoms with Crippen LogP contribution in [-0.4, -0.2) is 21.1 Å². The highest BCUT2D eigenvalue weighted by molar-refractivity contribution is 5.76.